The molecule has 0 saturated heterocycles. The Kier molecular flexibility index (Phi) is 7.85. The quantitative estimate of drug-likeness (QED) is 0.226. The lowest BCUT2D eigenvalue weighted by Crippen LogP contribution is -2.08. The van der Waals surface area contributed by atoms with Crippen molar-refractivity contribution in [2.45, 2.75) is 30.6 Å². The lowest BCUT2D eigenvalue weighted by Gasteiger charge is -2.10. The Bertz CT molecular complexity index is 1000. The van der Waals surface area contributed by atoms with Crippen molar-refractivity contribution in [3.8, 4) is 11.5 Å². The third-order valence-electron chi connectivity index (χ3n) is 4.61. The number of carbonyl (C=O) groups is 1. The molecule has 0 saturated carbocycles. The van der Waals surface area contributed by atoms with Crippen LogP contribution in [0.5, 0.6) is 11.5 Å². The van der Waals surface area contributed by atoms with Gasteiger partial charge in [0, 0.05) is 22.1 Å². The molecule has 0 aliphatic rings. The second-order valence-corrected chi connectivity index (χ2v) is 9.08. The molecule has 0 unspecified atom stereocenters. The van der Waals surface area contributed by atoms with Crippen molar-refractivity contribution < 1.29 is 14.6 Å². The lowest BCUT2D eigenvalue weighted by atomic mass is 10.0. The Morgan fingerprint density at radius 2 is 1.57 bits per heavy atom. The van der Waals surface area contributed by atoms with Gasteiger partial charge in [0.05, 0.1) is 5.56 Å². The second kappa shape index (κ2) is 10.6. The molecule has 3 aromatic carbocycles. The van der Waals surface area contributed by atoms with Gasteiger partial charge in [0.15, 0.2) is 0 Å². The minimum atomic E-state index is -0.886. The SMILES string of the molecule is Cc1ccc(Oc2ccc(SCCNSc3cc(C)c(C)c(C(=O)O)c3)cc2)cc1. The van der Waals surface area contributed by atoms with Crippen LogP contribution in [0.15, 0.2) is 70.5 Å². The number of hydrogen-bond acceptors (Lipinski definition) is 5. The van der Waals surface area contributed by atoms with Crippen LogP contribution in [0.1, 0.15) is 27.0 Å². The van der Waals surface area contributed by atoms with E-state index in [1.165, 1.54) is 22.4 Å². The van der Waals surface area contributed by atoms with Crippen LogP contribution < -0.4 is 9.46 Å². The minimum absolute atomic E-state index is 0.363. The monoisotopic (exact) mass is 439 g/mol. The molecule has 0 heterocycles. The summed E-state index contributed by atoms with van der Waals surface area (Å²) in [5.41, 5.74) is 3.38. The van der Waals surface area contributed by atoms with Gasteiger partial charge in [-0.1, -0.05) is 17.7 Å². The fourth-order valence-corrected chi connectivity index (χ4v) is 4.48. The van der Waals surface area contributed by atoms with Crippen LogP contribution in [-0.2, 0) is 0 Å². The number of thioether (sulfide) groups is 1. The maximum Gasteiger partial charge on any atom is 0.336 e. The van der Waals surface area contributed by atoms with E-state index in [0.29, 0.717) is 5.56 Å². The fraction of sp³-hybridized carbons (Fsp3) is 0.208. The summed E-state index contributed by atoms with van der Waals surface area (Å²) >= 11 is 3.23. The van der Waals surface area contributed by atoms with Crippen LogP contribution in [0.3, 0.4) is 0 Å². The smallest absolute Gasteiger partial charge is 0.336 e. The highest BCUT2D eigenvalue weighted by atomic mass is 32.2. The highest BCUT2D eigenvalue weighted by Gasteiger charge is 2.11. The molecule has 3 aromatic rings. The van der Waals surface area contributed by atoms with Crippen LogP contribution in [0.2, 0.25) is 0 Å². The van der Waals surface area contributed by atoms with Gasteiger partial charge in [-0.3, -0.25) is 4.72 Å². The number of aryl methyl sites for hydroxylation is 2. The Morgan fingerprint density at radius 3 is 2.20 bits per heavy atom. The standard InChI is InChI=1S/C24H25NO3S2/c1-16-4-6-19(7-5-16)28-20-8-10-21(11-9-20)29-13-12-25-30-22-14-17(2)18(3)23(15-22)24(26)27/h4-11,14-15,25H,12-13H2,1-3H3,(H,26,27). The van der Waals surface area contributed by atoms with E-state index in [0.717, 1.165) is 39.8 Å². The van der Waals surface area contributed by atoms with Crippen molar-refractivity contribution in [2.24, 2.45) is 0 Å². The molecular formula is C24H25NO3S2. The maximum atomic E-state index is 11.4. The van der Waals surface area contributed by atoms with Crippen LogP contribution in [0.4, 0.5) is 0 Å². The number of nitrogens with one attached hydrogen (secondary N) is 1. The van der Waals surface area contributed by atoms with Crippen molar-refractivity contribution in [3.63, 3.8) is 0 Å². The predicted octanol–water partition coefficient (Wildman–Crippen LogP) is 6.49. The molecule has 6 heteroatoms. The summed E-state index contributed by atoms with van der Waals surface area (Å²) in [6.07, 6.45) is 0. The first-order chi connectivity index (χ1) is 14.4. The molecule has 0 aromatic heterocycles. The second-order valence-electron chi connectivity index (χ2n) is 6.95. The normalized spacial score (nSPS) is 10.8. The molecule has 2 N–H and O–H groups in total. The summed E-state index contributed by atoms with van der Waals surface area (Å²) in [7, 11) is 0. The predicted molar refractivity (Wildman–Crippen MR) is 125 cm³/mol. The summed E-state index contributed by atoms with van der Waals surface area (Å²) < 4.78 is 9.17. The Morgan fingerprint density at radius 1 is 0.933 bits per heavy atom. The summed E-state index contributed by atoms with van der Waals surface area (Å²) in [5.74, 6) is 1.67. The molecule has 0 amide bonds. The Hall–Kier alpha value is -2.41. The lowest BCUT2D eigenvalue weighted by molar-refractivity contribution is 0.0695. The topological polar surface area (TPSA) is 58.6 Å². The highest BCUT2D eigenvalue weighted by Crippen LogP contribution is 2.26. The molecule has 0 bridgehead atoms. The molecule has 156 valence electrons. The largest absolute Gasteiger partial charge is 0.478 e. The van der Waals surface area contributed by atoms with Crippen molar-refractivity contribution in [1.82, 2.24) is 4.72 Å². The van der Waals surface area contributed by atoms with E-state index in [-0.39, 0.29) is 0 Å². The number of carboxylic acid groups (broad SMARTS) is 1. The van der Waals surface area contributed by atoms with Crippen LogP contribution in [-0.4, -0.2) is 23.4 Å². The summed E-state index contributed by atoms with van der Waals surface area (Å²) in [5, 5.41) is 9.32. The molecule has 0 atom stereocenters. The molecule has 0 radical (unpaired) electrons. The van der Waals surface area contributed by atoms with Crippen molar-refractivity contribution >= 4 is 29.7 Å². The average molecular weight is 440 g/mol. The number of hydrogen-bond donors (Lipinski definition) is 2. The molecule has 4 nitrogen and oxygen atoms in total. The molecule has 0 fully saturated rings. The van der Waals surface area contributed by atoms with E-state index >= 15 is 0 Å². The number of benzene rings is 3. The molecule has 0 aliphatic carbocycles. The zero-order chi connectivity index (χ0) is 21.5. The first-order valence-corrected chi connectivity index (χ1v) is 11.4. The van der Waals surface area contributed by atoms with Gasteiger partial charge in [0.1, 0.15) is 11.5 Å². The number of carboxylic acids is 1. The maximum absolute atomic E-state index is 11.4. The van der Waals surface area contributed by atoms with E-state index in [4.69, 9.17) is 4.74 Å². The number of aromatic carboxylic acids is 1. The van der Waals surface area contributed by atoms with Gasteiger partial charge in [0.25, 0.3) is 0 Å². The van der Waals surface area contributed by atoms with E-state index in [1.54, 1.807) is 17.8 Å². The van der Waals surface area contributed by atoms with Gasteiger partial charge in [-0.2, -0.15) is 0 Å². The molecule has 3 rings (SSSR count). The van der Waals surface area contributed by atoms with E-state index in [1.807, 2.05) is 56.3 Å². The van der Waals surface area contributed by atoms with Crippen molar-refractivity contribution in [2.75, 3.05) is 12.3 Å². The van der Waals surface area contributed by atoms with Crippen molar-refractivity contribution in [3.05, 3.63) is 82.9 Å². The Labute approximate surface area is 186 Å². The first-order valence-electron chi connectivity index (χ1n) is 9.64. The molecule has 0 spiro atoms. The summed E-state index contributed by atoms with van der Waals surface area (Å²) in [4.78, 5) is 13.5. The third kappa shape index (κ3) is 6.29. The van der Waals surface area contributed by atoms with Crippen LogP contribution >= 0.6 is 23.7 Å². The van der Waals surface area contributed by atoms with Gasteiger partial charge in [0.2, 0.25) is 0 Å². The van der Waals surface area contributed by atoms with Gasteiger partial charge < -0.3 is 9.84 Å². The van der Waals surface area contributed by atoms with Crippen LogP contribution in [0.25, 0.3) is 0 Å². The number of ether oxygens (including phenoxy) is 1. The molecule has 30 heavy (non-hydrogen) atoms. The third-order valence-corrected chi connectivity index (χ3v) is 6.45. The fourth-order valence-electron chi connectivity index (χ4n) is 2.80. The molecule has 0 aliphatic heterocycles. The Balaban J connectivity index is 1.43. The zero-order valence-corrected chi connectivity index (χ0v) is 18.9. The van der Waals surface area contributed by atoms with Crippen molar-refractivity contribution in [1.29, 1.82) is 0 Å². The van der Waals surface area contributed by atoms with Gasteiger partial charge >= 0.3 is 5.97 Å². The zero-order valence-electron chi connectivity index (χ0n) is 17.3. The van der Waals surface area contributed by atoms with E-state index in [2.05, 4.69) is 23.8 Å². The van der Waals surface area contributed by atoms with E-state index < -0.39 is 5.97 Å². The minimum Gasteiger partial charge on any atom is -0.478 e. The average Bonchev–Trinajstić information content (AvgIpc) is 2.73. The summed E-state index contributed by atoms with van der Waals surface area (Å²) in [6.45, 7) is 6.63. The van der Waals surface area contributed by atoms with Gasteiger partial charge in [-0.05, 0) is 92.4 Å². The van der Waals surface area contributed by atoms with Gasteiger partial charge in [-0.25, -0.2) is 4.79 Å². The first kappa shape index (κ1) is 22.3. The molecular weight excluding hydrogens is 414 g/mol. The van der Waals surface area contributed by atoms with Gasteiger partial charge in [-0.15, -0.1) is 11.8 Å². The van der Waals surface area contributed by atoms with E-state index in [9.17, 15) is 9.90 Å². The van der Waals surface area contributed by atoms with Crippen LogP contribution in [0, 0.1) is 20.8 Å². The highest BCUT2D eigenvalue weighted by molar-refractivity contribution is 7.99. The summed E-state index contributed by atoms with van der Waals surface area (Å²) in [6, 6.07) is 19.8. The number of rotatable bonds is 9.